The molecule has 372 valence electrons. The van der Waals surface area contributed by atoms with Gasteiger partial charge in [0.1, 0.15) is 11.4 Å². The molecule has 5 aromatic rings. The quantitative estimate of drug-likeness (QED) is 0.0401. The van der Waals surface area contributed by atoms with Crippen molar-refractivity contribution >= 4 is 76.5 Å². The number of nitrogens with two attached hydrogens (primary N) is 1. The first kappa shape index (κ1) is 53.0. The molecular formula is C52H64N8O8S2. The van der Waals surface area contributed by atoms with Gasteiger partial charge in [-0.25, -0.2) is 16.8 Å². The Morgan fingerprint density at radius 2 is 1.33 bits per heavy atom. The Morgan fingerprint density at radius 3 is 1.90 bits per heavy atom. The van der Waals surface area contributed by atoms with Crippen LogP contribution in [0.1, 0.15) is 77.0 Å². The predicted octanol–water partition coefficient (Wildman–Crippen LogP) is 9.48. The number of likely N-dealkylation sites (tertiary alicyclic amines) is 1. The third kappa shape index (κ3) is 12.9. The number of phenols is 1. The van der Waals surface area contributed by atoms with E-state index in [1.807, 2.05) is 70.2 Å². The molecule has 1 saturated heterocycles. The SMILES string of the molecule is CCCS(=O)(=O)c1ccc(N=Nc2c(C)cc3cc(C)c(N=Nc4ccc(S(=O)(=O)CCNC(=O)C(CC(=O)C5CCCN5C(C)C(C)NC(=O)C(C)C)Cc5ccccc5)cc4)c(N)c3c2O)cc1. The van der Waals surface area contributed by atoms with E-state index in [9.17, 15) is 36.3 Å². The molecule has 16 nitrogen and oxygen atoms in total. The number of amides is 2. The summed E-state index contributed by atoms with van der Waals surface area (Å²) in [5, 5.41) is 35.4. The Hall–Kier alpha value is -6.37. The third-order valence-electron chi connectivity index (χ3n) is 12.8. The van der Waals surface area contributed by atoms with Gasteiger partial charge >= 0.3 is 0 Å². The lowest BCUT2D eigenvalue weighted by Crippen LogP contribution is -2.53. The lowest BCUT2D eigenvalue weighted by molar-refractivity contribution is -0.131. The molecule has 1 aliphatic heterocycles. The number of carbonyl (C=O) groups excluding carboxylic acids is 3. The first-order valence-corrected chi connectivity index (χ1v) is 27.0. The Labute approximate surface area is 411 Å². The number of Topliss-reactive ketones (excluding diaryl/α,β-unsaturated/α-hetero) is 1. The molecule has 0 bridgehead atoms. The molecule has 6 rings (SSSR count). The molecule has 1 heterocycles. The number of hydrogen-bond donors (Lipinski definition) is 4. The van der Waals surface area contributed by atoms with Crippen LogP contribution in [-0.4, -0.2) is 87.2 Å². The van der Waals surface area contributed by atoms with Crippen LogP contribution in [0.4, 0.5) is 28.4 Å². The zero-order chi connectivity index (χ0) is 50.9. The van der Waals surface area contributed by atoms with Gasteiger partial charge in [-0.05, 0) is 143 Å². The smallest absolute Gasteiger partial charge is 0.223 e. The molecule has 0 aliphatic carbocycles. The molecular weight excluding hydrogens is 929 g/mol. The molecule has 0 spiro atoms. The molecule has 0 aromatic heterocycles. The van der Waals surface area contributed by atoms with Gasteiger partial charge in [0.15, 0.2) is 31.2 Å². The fourth-order valence-corrected chi connectivity index (χ4v) is 11.2. The van der Waals surface area contributed by atoms with Gasteiger partial charge in [0.05, 0.1) is 49.8 Å². The first-order chi connectivity index (χ1) is 33.2. The zero-order valence-corrected chi connectivity index (χ0v) is 42.5. The number of aromatic hydroxyl groups is 1. The molecule has 2 amide bonds. The van der Waals surface area contributed by atoms with Crippen LogP contribution in [0.15, 0.2) is 121 Å². The van der Waals surface area contributed by atoms with E-state index in [1.165, 1.54) is 36.4 Å². The zero-order valence-electron chi connectivity index (χ0n) is 40.8. The Bertz CT molecular complexity index is 2980. The molecule has 70 heavy (non-hydrogen) atoms. The largest absolute Gasteiger partial charge is 0.505 e. The molecule has 1 fully saturated rings. The monoisotopic (exact) mass is 992 g/mol. The van der Waals surface area contributed by atoms with E-state index >= 15 is 0 Å². The minimum atomic E-state index is -3.86. The van der Waals surface area contributed by atoms with Gasteiger partial charge in [-0.15, -0.1) is 10.2 Å². The van der Waals surface area contributed by atoms with E-state index in [-0.39, 0.29) is 92.2 Å². The van der Waals surface area contributed by atoms with E-state index in [1.54, 1.807) is 32.9 Å². The number of hydrogen-bond acceptors (Lipinski definition) is 14. The van der Waals surface area contributed by atoms with Crippen LogP contribution in [0.3, 0.4) is 0 Å². The second-order valence-electron chi connectivity index (χ2n) is 18.4. The summed E-state index contributed by atoms with van der Waals surface area (Å²) in [6.07, 6.45) is 2.25. The highest BCUT2D eigenvalue weighted by Gasteiger charge is 2.37. The lowest BCUT2D eigenvalue weighted by atomic mass is 9.90. The topological polar surface area (TPSA) is 242 Å². The molecule has 4 unspecified atom stereocenters. The number of ketones is 1. The van der Waals surface area contributed by atoms with Crippen LogP contribution in [0.25, 0.3) is 10.8 Å². The Morgan fingerprint density at radius 1 is 0.771 bits per heavy atom. The summed E-state index contributed by atoms with van der Waals surface area (Å²) in [5.41, 5.74) is 10.1. The summed E-state index contributed by atoms with van der Waals surface area (Å²) in [4.78, 5) is 42.5. The van der Waals surface area contributed by atoms with Gasteiger partial charge in [-0.3, -0.25) is 19.3 Å². The van der Waals surface area contributed by atoms with E-state index in [0.29, 0.717) is 53.7 Å². The molecule has 5 aromatic carbocycles. The highest BCUT2D eigenvalue weighted by atomic mass is 32.2. The number of rotatable bonds is 21. The molecule has 5 N–H and O–H groups in total. The van der Waals surface area contributed by atoms with Gasteiger partial charge in [-0.1, -0.05) is 51.1 Å². The van der Waals surface area contributed by atoms with Gasteiger partial charge < -0.3 is 21.5 Å². The van der Waals surface area contributed by atoms with Gasteiger partial charge in [0.25, 0.3) is 0 Å². The average Bonchev–Trinajstić information content (AvgIpc) is 3.82. The van der Waals surface area contributed by atoms with E-state index in [4.69, 9.17) is 5.73 Å². The van der Waals surface area contributed by atoms with Crippen molar-refractivity contribution in [2.45, 2.75) is 108 Å². The number of sulfone groups is 2. The highest BCUT2D eigenvalue weighted by Crippen LogP contribution is 2.46. The lowest BCUT2D eigenvalue weighted by Gasteiger charge is -2.34. The number of aryl methyl sites for hydroxylation is 2. The number of nitrogens with one attached hydrogen (secondary N) is 2. The summed E-state index contributed by atoms with van der Waals surface area (Å²) in [6, 6.07) is 24.2. The summed E-state index contributed by atoms with van der Waals surface area (Å²) >= 11 is 0. The molecule has 1 aliphatic rings. The summed E-state index contributed by atoms with van der Waals surface area (Å²) < 4.78 is 51.9. The van der Waals surface area contributed by atoms with Crippen molar-refractivity contribution in [2.24, 2.45) is 32.3 Å². The number of anilines is 1. The molecule has 18 heteroatoms. The predicted molar refractivity (Wildman–Crippen MR) is 273 cm³/mol. The van der Waals surface area contributed by atoms with Gasteiger partial charge in [-0.2, -0.15) is 10.2 Å². The van der Waals surface area contributed by atoms with Crippen molar-refractivity contribution in [3.63, 3.8) is 0 Å². The van der Waals surface area contributed by atoms with Gasteiger partial charge in [0, 0.05) is 36.9 Å². The van der Waals surface area contributed by atoms with E-state index in [2.05, 4.69) is 36.0 Å². The molecule has 4 atom stereocenters. The second-order valence-corrected chi connectivity index (χ2v) is 22.6. The second kappa shape index (κ2) is 23.0. The fourth-order valence-electron chi connectivity index (χ4n) is 8.67. The van der Waals surface area contributed by atoms with Crippen LogP contribution >= 0.6 is 0 Å². The van der Waals surface area contributed by atoms with Crippen LogP contribution in [-0.2, 0) is 40.5 Å². The van der Waals surface area contributed by atoms with Crippen molar-refractivity contribution < 1.29 is 36.3 Å². The van der Waals surface area contributed by atoms with Crippen molar-refractivity contribution in [1.29, 1.82) is 0 Å². The van der Waals surface area contributed by atoms with Crippen molar-refractivity contribution in [3.05, 3.63) is 108 Å². The maximum absolute atomic E-state index is 14.0. The van der Waals surface area contributed by atoms with Crippen LogP contribution in [0.2, 0.25) is 0 Å². The number of phenolic OH excluding ortho intramolecular Hbond substituents is 1. The van der Waals surface area contributed by atoms with E-state index in [0.717, 1.165) is 12.0 Å². The third-order valence-corrected chi connectivity index (χ3v) is 16.4. The van der Waals surface area contributed by atoms with Crippen molar-refractivity contribution in [2.75, 3.05) is 30.3 Å². The molecule has 0 radical (unpaired) electrons. The van der Waals surface area contributed by atoms with Crippen molar-refractivity contribution in [1.82, 2.24) is 15.5 Å². The molecule has 0 saturated carbocycles. The first-order valence-electron chi connectivity index (χ1n) is 23.7. The minimum absolute atomic E-state index is 0.0182. The fraction of sp³-hybridized carbons (Fsp3) is 0.404. The summed E-state index contributed by atoms with van der Waals surface area (Å²) in [5.74, 6) is -1.98. The Kier molecular flexibility index (Phi) is 17.4. The van der Waals surface area contributed by atoms with Crippen molar-refractivity contribution in [3.8, 4) is 5.75 Å². The number of fused-ring (bicyclic) bond motifs is 1. The number of carbonyl (C=O) groups is 3. The van der Waals surface area contributed by atoms with Crippen LogP contribution in [0.5, 0.6) is 5.75 Å². The van der Waals surface area contributed by atoms with E-state index < -0.39 is 37.5 Å². The summed E-state index contributed by atoms with van der Waals surface area (Å²) in [6.45, 7) is 13.5. The van der Waals surface area contributed by atoms with Crippen LogP contribution < -0.4 is 16.4 Å². The normalized spacial score (nSPS) is 16.0. The maximum Gasteiger partial charge on any atom is 0.223 e. The average molecular weight is 993 g/mol. The van der Waals surface area contributed by atoms with Gasteiger partial charge in [0.2, 0.25) is 11.8 Å². The number of nitrogen functional groups attached to an aromatic ring is 1. The maximum atomic E-state index is 14.0. The number of benzene rings is 5. The number of azo groups is 2. The Balaban J connectivity index is 1.11. The standard InChI is InChI=1S/C52H64N8O8S2/c1-8-26-69(65,66)42-20-16-41(17-21-42)57-59-49-34(5)29-38-28-33(4)48(47(53)46(38)50(49)62)58-56-40-18-22-43(23-19-40)70(67,68)27-24-54-52(64)39(30-37-13-10-9-11-14-37)31-45(61)44-15-12-25-60(44)36(7)35(6)55-51(63)32(2)3/h9-11,13-14,16-23,28-29,32,35-36,39,44,62H,8,12,15,24-27,30-31,53H2,1-7H3,(H,54,64)(H,55,63). The van der Waals surface area contributed by atoms with Crippen LogP contribution in [0, 0.1) is 25.7 Å². The number of nitrogens with zero attached hydrogens (tertiary/aromatic N) is 5. The highest BCUT2D eigenvalue weighted by molar-refractivity contribution is 7.91. The summed E-state index contributed by atoms with van der Waals surface area (Å²) in [7, 11) is -7.26. The minimum Gasteiger partial charge on any atom is -0.505 e.